The molecule has 3 heteroatoms. The van der Waals surface area contributed by atoms with Crippen LogP contribution in [0.1, 0.15) is 5.56 Å². The Kier molecular flexibility index (Phi) is 3.59. The third-order valence-corrected chi connectivity index (χ3v) is 3.14. The Morgan fingerprint density at radius 3 is 2.38 bits per heavy atom. The van der Waals surface area contributed by atoms with Gasteiger partial charge in [-0.2, -0.15) is 0 Å². The van der Waals surface area contributed by atoms with Gasteiger partial charge in [-0.25, -0.2) is 4.39 Å². The van der Waals surface area contributed by atoms with Gasteiger partial charge in [0.15, 0.2) is 0 Å². The van der Waals surface area contributed by atoms with Gasteiger partial charge >= 0.3 is 0 Å². The molecule has 0 aromatic heterocycles. The molecule has 1 nitrogen and oxygen atoms in total. The second kappa shape index (κ2) is 5.14. The summed E-state index contributed by atoms with van der Waals surface area (Å²) in [6.45, 7) is 0.0465. The van der Waals surface area contributed by atoms with Crippen LogP contribution in [0.5, 0.6) is 0 Å². The first-order valence-electron chi connectivity index (χ1n) is 4.91. The highest BCUT2D eigenvalue weighted by molar-refractivity contribution is 7.99. The number of aliphatic hydroxyl groups excluding tert-OH is 1. The molecular formula is C13H11FOS. The summed E-state index contributed by atoms with van der Waals surface area (Å²) in [5, 5.41) is 8.90. The van der Waals surface area contributed by atoms with Gasteiger partial charge in [-0.3, -0.25) is 0 Å². The van der Waals surface area contributed by atoms with E-state index in [1.54, 1.807) is 6.07 Å². The molecule has 0 amide bonds. The smallest absolute Gasteiger partial charge is 0.124 e. The van der Waals surface area contributed by atoms with Crippen molar-refractivity contribution in [3.63, 3.8) is 0 Å². The van der Waals surface area contributed by atoms with E-state index < -0.39 is 0 Å². The highest BCUT2D eigenvalue weighted by Gasteiger charge is 1.99. The molecule has 0 bridgehead atoms. The zero-order valence-corrected chi connectivity index (χ0v) is 9.38. The minimum Gasteiger partial charge on any atom is -0.392 e. The minimum atomic E-state index is -0.225. The van der Waals surface area contributed by atoms with E-state index >= 15 is 0 Å². The van der Waals surface area contributed by atoms with Crippen molar-refractivity contribution in [1.29, 1.82) is 0 Å². The summed E-state index contributed by atoms with van der Waals surface area (Å²) in [6, 6.07) is 14.1. The molecule has 0 aliphatic carbocycles. The Bertz CT molecular complexity index is 468. The average Bonchev–Trinajstić information content (AvgIpc) is 2.30. The molecule has 0 atom stereocenters. The number of hydrogen-bond donors (Lipinski definition) is 1. The monoisotopic (exact) mass is 234 g/mol. The molecule has 0 saturated carbocycles. The van der Waals surface area contributed by atoms with Gasteiger partial charge in [-0.05, 0) is 35.9 Å². The van der Waals surface area contributed by atoms with E-state index in [-0.39, 0.29) is 12.4 Å². The average molecular weight is 234 g/mol. The molecule has 0 aliphatic rings. The number of benzene rings is 2. The van der Waals surface area contributed by atoms with Gasteiger partial charge in [0.2, 0.25) is 0 Å². The Labute approximate surface area is 97.9 Å². The predicted molar refractivity (Wildman–Crippen MR) is 62.9 cm³/mol. The summed E-state index contributed by atoms with van der Waals surface area (Å²) in [5.74, 6) is -0.225. The van der Waals surface area contributed by atoms with Gasteiger partial charge in [0.1, 0.15) is 5.82 Å². The van der Waals surface area contributed by atoms with Crippen molar-refractivity contribution in [3.05, 3.63) is 59.9 Å². The normalized spacial score (nSPS) is 10.4. The second-order valence-corrected chi connectivity index (χ2v) is 4.51. The summed E-state index contributed by atoms with van der Waals surface area (Å²) in [7, 11) is 0. The van der Waals surface area contributed by atoms with Crippen molar-refractivity contribution in [1.82, 2.24) is 0 Å². The minimum absolute atomic E-state index is 0.0465. The zero-order chi connectivity index (χ0) is 11.4. The van der Waals surface area contributed by atoms with E-state index in [9.17, 15) is 4.39 Å². The van der Waals surface area contributed by atoms with Crippen LogP contribution in [-0.2, 0) is 6.61 Å². The van der Waals surface area contributed by atoms with Crippen molar-refractivity contribution in [2.24, 2.45) is 0 Å². The fourth-order valence-electron chi connectivity index (χ4n) is 1.33. The Morgan fingerprint density at radius 1 is 1.00 bits per heavy atom. The van der Waals surface area contributed by atoms with Crippen molar-refractivity contribution in [2.45, 2.75) is 16.4 Å². The van der Waals surface area contributed by atoms with Gasteiger partial charge in [0.05, 0.1) is 6.61 Å². The molecule has 0 radical (unpaired) electrons. The van der Waals surface area contributed by atoms with Gasteiger partial charge < -0.3 is 5.11 Å². The number of halogens is 1. The van der Waals surface area contributed by atoms with Gasteiger partial charge in [-0.15, -0.1) is 0 Å². The summed E-state index contributed by atoms with van der Waals surface area (Å²) in [4.78, 5) is 1.90. The first-order valence-corrected chi connectivity index (χ1v) is 5.73. The van der Waals surface area contributed by atoms with Crippen LogP contribution >= 0.6 is 11.8 Å². The number of rotatable bonds is 3. The van der Waals surface area contributed by atoms with Crippen molar-refractivity contribution in [3.8, 4) is 0 Å². The van der Waals surface area contributed by atoms with Gasteiger partial charge in [0, 0.05) is 9.79 Å². The summed E-state index contributed by atoms with van der Waals surface area (Å²) in [5.41, 5.74) is 0.878. The van der Waals surface area contributed by atoms with Crippen LogP contribution in [0, 0.1) is 5.82 Å². The molecule has 82 valence electrons. The van der Waals surface area contributed by atoms with E-state index in [1.807, 2.05) is 30.3 Å². The molecule has 1 N–H and O–H groups in total. The molecule has 0 unspecified atom stereocenters. The van der Waals surface area contributed by atoms with E-state index in [0.717, 1.165) is 15.4 Å². The lowest BCUT2D eigenvalue weighted by Gasteiger charge is -2.02. The molecule has 2 rings (SSSR count). The van der Waals surface area contributed by atoms with Crippen LogP contribution in [0.15, 0.2) is 58.3 Å². The van der Waals surface area contributed by atoms with Crippen LogP contribution in [0.2, 0.25) is 0 Å². The highest BCUT2D eigenvalue weighted by Crippen LogP contribution is 2.27. The van der Waals surface area contributed by atoms with E-state index in [2.05, 4.69) is 0 Å². The molecule has 2 aromatic rings. The second-order valence-electron chi connectivity index (χ2n) is 3.36. The largest absolute Gasteiger partial charge is 0.392 e. The summed E-state index contributed by atoms with van der Waals surface area (Å²) >= 11 is 1.50. The topological polar surface area (TPSA) is 20.2 Å². The van der Waals surface area contributed by atoms with Gasteiger partial charge in [0.25, 0.3) is 0 Å². The molecule has 2 aromatic carbocycles. The maximum atomic E-state index is 12.9. The molecule has 0 saturated heterocycles. The first kappa shape index (κ1) is 11.2. The van der Waals surface area contributed by atoms with Crippen molar-refractivity contribution < 1.29 is 9.50 Å². The van der Waals surface area contributed by atoms with E-state index in [1.165, 1.54) is 23.9 Å². The third-order valence-electron chi connectivity index (χ3n) is 2.14. The zero-order valence-electron chi connectivity index (χ0n) is 8.56. The number of aliphatic hydroxyl groups is 1. The van der Waals surface area contributed by atoms with Crippen molar-refractivity contribution >= 4 is 11.8 Å². The fourth-order valence-corrected chi connectivity index (χ4v) is 2.19. The molecule has 0 fully saturated rings. The SMILES string of the molecule is OCc1ccc(Sc2cccc(F)c2)cc1. The molecule has 0 heterocycles. The summed E-state index contributed by atoms with van der Waals surface area (Å²) < 4.78 is 12.9. The fraction of sp³-hybridized carbons (Fsp3) is 0.0769. The lowest BCUT2D eigenvalue weighted by Crippen LogP contribution is -1.82. The lowest BCUT2D eigenvalue weighted by molar-refractivity contribution is 0.282. The van der Waals surface area contributed by atoms with Crippen molar-refractivity contribution in [2.75, 3.05) is 0 Å². The molecule has 0 spiro atoms. The predicted octanol–water partition coefficient (Wildman–Crippen LogP) is 3.47. The summed E-state index contributed by atoms with van der Waals surface area (Å²) in [6.07, 6.45) is 0. The standard InChI is InChI=1S/C13H11FOS/c14-11-2-1-3-13(8-11)16-12-6-4-10(9-15)5-7-12/h1-8,15H,9H2. The Balaban J connectivity index is 2.14. The van der Waals surface area contributed by atoms with Gasteiger partial charge in [-0.1, -0.05) is 30.0 Å². The quantitative estimate of drug-likeness (QED) is 0.877. The van der Waals surface area contributed by atoms with Crippen LogP contribution in [0.3, 0.4) is 0 Å². The van der Waals surface area contributed by atoms with Crippen LogP contribution in [-0.4, -0.2) is 5.11 Å². The maximum absolute atomic E-state index is 12.9. The number of hydrogen-bond acceptors (Lipinski definition) is 2. The Morgan fingerprint density at radius 2 is 1.75 bits per heavy atom. The van der Waals surface area contributed by atoms with Crippen LogP contribution in [0.4, 0.5) is 4.39 Å². The van der Waals surface area contributed by atoms with Crippen LogP contribution in [0.25, 0.3) is 0 Å². The van der Waals surface area contributed by atoms with E-state index in [4.69, 9.17) is 5.11 Å². The van der Waals surface area contributed by atoms with Crippen LogP contribution < -0.4 is 0 Å². The highest BCUT2D eigenvalue weighted by atomic mass is 32.2. The molecule has 16 heavy (non-hydrogen) atoms. The lowest BCUT2D eigenvalue weighted by atomic mass is 10.2. The maximum Gasteiger partial charge on any atom is 0.124 e. The molecular weight excluding hydrogens is 223 g/mol. The molecule has 0 aliphatic heterocycles. The third kappa shape index (κ3) is 2.84. The first-order chi connectivity index (χ1) is 7.78. The van der Waals surface area contributed by atoms with E-state index in [0.29, 0.717) is 0 Å². The Hall–Kier alpha value is -1.32.